The van der Waals surface area contributed by atoms with Crippen LogP contribution in [-0.2, 0) is 4.74 Å². The number of carbonyl (C=O) groups excluding carboxylic acids is 1. The Balaban J connectivity index is 2.54. The lowest BCUT2D eigenvalue weighted by Crippen LogP contribution is -2.31. The Morgan fingerprint density at radius 1 is 1.59 bits per heavy atom. The number of rotatable bonds is 1. The molecule has 0 unspecified atom stereocenters. The van der Waals surface area contributed by atoms with Crippen LogP contribution in [0.25, 0.3) is 0 Å². The molecule has 1 amide bonds. The molecule has 6 heteroatoms. The zero-order valence-electron chi connectivity index (χ0n) is 10.2. The average molecular weight is 321 g/mol. The molecular formula is C11H17BrN2O2S. The summed E-state index contributed by atoms with van der Waals surface area (Å²) in [5.41, 5.74) is -0.481. The van der Waals surface area contributed by atoms with E-state index in [1.807, 2.05) is 33.0 Å². The number of halogens is 1. The molecule has 0 aromatic rings. The number of alkyl carbamates (subject to hydrolysis) is 1. The fraction of sp³-hybridized carbons (Fsp3) is 0.545. The van der Waals surface area contributed by atoms with Crippen LogP contribution in [0.2, 0.25) is 0 Å². The van der Waals surface area contributed by atoms with Crippen LogP contribution in [0.15, 0.2) is 21.1 Å². The minimum Gasteiger partial charge on any atom is -0.444 e. The van der Waals surface area contributed by atoms with E-state index in [2.05, 4.69) is 26.6 Å². The Hall–Kier alpha value is -0.620. The molecule has 0 aromatic heterocycles. The van der Waals surface area contributed by atoms with Crippen molar-refractivity contribution in [2.45, 2.75) is 32.8 Å². The van der Waals surface area contributed by atoms with Gasteiger partial charge >= 0.3 is 6.09 Å². The first-order valence-electron chi connectivity index (χ1n) is 5.34. The third-order valence-electron chi connectivity index (χ3n) is 1.67. The van der Waals surface area contributed by atoms with E-state index in [0.29, 0.717) is 0 Å². The molecule has 0 saturated carbocycles. The molecule has 0 bridgehead atoms. The lowest BCUT2D eigenvalue weighted by molar-refractivity contribution is 0.0550. The predicted molar refractivity (Wildman–Crippen MR) is 74.7 cm³/mol. The molecule has 96 valence electrons. The summed E-state index contributed by atoms with van der Waals surface area (Å²) in [5, 5.41) is 6.65. The Morgan fingerprint density at radius 2 is 2.29 bits per heavy atom. The molecule has 0 fully saturated rings. The largest absolute Gasteiger partial charge is 0.444 e. The lowest BCUT2D eigenvalue weighted by atomic mass is 10.2. The van der Waals surface area contributed by atoms with Crippen molar-refractivity contribution in [3.63, 3.8) is 0 Å². The summed E-state index contributed by atoms with van der Waals surface area (Å²) in [7, 11) is 0. The highest BCUT2D eigenvalue weighted by molar-refractivity contribution is 9.14. The molecule has 1 heterocycles. The van der Waals surface area contributed by atoms with Gasteiger partial charge in [0.15, 0.2) is 0 Å². The second-order valence-electron chi connectivity index (χ2n) is 4.49. The Labute approximate surface area is 114 Å². The summed E-state index contributed by atoms with van der Waals surface area (Å²) >= 11 is 4.83. The molecule has 0 atom stereocenters. The number of nitrogens with one attached hydrogen (secondary N) is 2. The van der Waals surface area contributed by atoms with Crippen molar-refractivity contribution in [3.8, 4) is 0 Å². The van der Waals surface area contributed by atoms with Crippen molar-refractivity contribution in [2.75, 3.05) is 6.54 Å². The number of hydrogen-bond acceptors (Lipinski definition) is 4. The summed E-state index contributed by atoms with van der Waals surface area (Å²) in [4.78, 5) is 11.6. The highest BCUT2D eigenvalue weighted by Crippen LogP contribution is 2.29. The minimum atomic E-state index is -0.481. The summed E-state index contributed by atoms with van der Waals surface area (Å²) in [6.45, 7) is 6.36. The molecule has 17 heavy (non-hydrogen) atoms. The van der Waals surface area contributed by atoms with Crippen molar-refractivity contribution in [2.24, 2.45) is 0 Å². The Bertz CT molecular complexity index is 348. The van der Waals surface area contributed by atoms with Gasteiger partial charge in [0.25, 0.3) is 0 Å². The average Bonchev–Trinajstić information content (AvgIpc) is 2.10. The number of hydrogen-bond donors (Lipinski definition) is 2. The molecule has 0 saturated heterocycles. The first-order valence-corrected chi connectivity index (χ1v) is 6.95. The lowest BCUT2D eigenvalue weighted by Gasteiger charge is -2.20. The van der Waals surface area contributed by atoms with Crippen molar-refractivity contribution in [3.05, 3.63) is 21.1 Å². The van der Waals surface area contributed by atoms with Crippen LogP contribution in [0, 0.1) is 0 Å². The molecule has 2 N–H and O–H groups in total. The molecule has 1 aliphatic heterocycles. The first-order chi connectivity index (χ1) is 7.87. The van der Waals surface area contributed by atoms with Gasteiger partial charge in [-0.25, -0.2) is 4.79 Å². The van der Waals surface area contributed by atoms with Gasteiger partial charge in [0, 0.05) is 12.7 Å². The summed E-state index contributed by atoms with van der Waals surface area (Å²) in [5.74, 6) is 0. The van der Waals surface area contributed by atoms with E-state index in [-0.39, 0.29) is 0 Å². The van der Waals surface area contributed by atoms with Gasteiger partial charge in [0.1, 0.15) is 5.60 Å². The molecule has 0 aliphatic carbocycles. The molecule has 1 rings (SSSR count). The third-order valence-corrected chi connectivity index (χ3v) is 3.18. The van der Waals surface area contributed by atoms with Gasteiger partial charge in [-0.1, -0.05) is 17.8 Å². The molecule has 0 spiro atoms. The SMILES string of the molecule is CC(C)(C)OC(=O)NC1=CCCNC=C(Br)S1. The molecule has 0 radical (unpaired) electrons. The van der Waals surface area contributed by atoms with E-state index in [0.717, 1.165) is 21.8 Å². The molecular weight excluding hydrogens is 304 g/mol. The van der Waals surface area contributed by atoms with Gasteiger partial charge in [-0.15, -0.1) is 0 Å². The second kappa shape index (κ2) is 6.35. The third kappa shape index (κ3) is 6.63. The van der Waals surface area contributed by atoms with Gasteiger partial charge in [0.2, 0.25) is 0 Å². The topological polar surface area (TPSA) is 50.4 Å². The Morgan fingerprint density at radius 3 is 2.94 bits per heavy atom. The monoisotopic (exact) mass is 320 g/mol. The van der Waals surface area contributed by atoms with Crippen molar-refractivity contribution < 1.29 is 9.53 Å². The van der Waals surface area contributed by atoms with Gasteiger partial charge in [-0.3, -0.25) is 5.32 Å². The minimum absolute atomic E-state index is 0.426. The maximum absolute atomic E-state index is 11.6. The number of thioether (sulfide) groups is 1. The van der Waals surface area contributed by atoms with Crippen molar-refractivity contribution >= 4 is 33.8 Å². The van der Waals surface area contributed by atoms with Crippen LogP contribution in [0.5, 0.6) is 0 Å². The molecule has 1 aliphatic rings. The quantitative estimate of drug-likeness (QED) is 0.778. The summed E-state index contributed by atoms with van der Waals surface area (Å²) in [6.07, 6.45) is 4.27. The normalized spacial score (nSPS) is 16.9. The first kappa shape index (κ1) is 14.4. The predicted octanol–water partition coefficient (Wildman–Crippen LogP) is 3.27. The van der Waals surface area contributed by atoms with E-state index in [9.17, 15) is 4.79 Å². The summed E-state index contributed by atoms with van der Waals surface area (Å²) < 4.78 is 6.11. The van der Waals surface area contributed by atoms with Gasteiger partial charge in [0.05, 0.1) is 8.84 Å². The van der Waals surface area contributed by atoms with E-state index < -0.39 is 11.7 Å². The molecule has 0 aromatic carbocycles. The van der Waals surface area contributed by atoms with E-state index in [1.165, 1.54) is 11.8 Å². The maximum atomic E-state index is 11.6. The van der Waals surface area contributed by atoms with Gasteiger partial charge in [-0.2, -0.15) is 0 Å². The van der Waals surface area contributed by atoms with E-state index in [1.54, 1.807) is 0 Å². The fourth-order valence-electron chi connectivity index (χ4n) is 1.10. The van der Waals surface area contributed by atoms with Crippen LogP contribution in [-0.4, -0.2) is 18.2 Å². The summed E-state index contributed by atoms with van der Waals surface area (Å²) in [6, 6.07) is 0. The maximum Gasteiger partial charge on any atom is 0.412 e. The van der Waals surface area contributed by atoms with E-state index >= 15 is 0 Å². The second-order valence-corrected chi connectivity index (χ2v) is 6.95. The van der Waals surface area contributed by atoms with Crippen LogP contribution >= 0.6 is 27.7 Å². The fourth-order valence-corrected chi connectivity index (χ4v) is 2.47. The van der Waals surface area contributed by atoms with Crippen LogP contribution in [0.3, 0.4) is 0 Å². The Kier molecular flexibility index (Phi) is 5.39. The van der Waals surface area contributed by atoms with Gasteiger partial charge < -0.3 is 10.1 Å². The number of carbonyl (C=O) groups is 1. The van der Waals surface area contributed by atoms with Crippen LogP contribution in [0.4, 0.5) is 4.79 Å². The smallest absolute Gasteiger partial charge is 0.412 e. The van der Waals surface area contributed by atoms with Crippen molar-refractivity contribution in [1.29, 1.82) is 0 Å². The van der Waals surface area contributed by atoms with E-state index in [4.69, 9.17) is 4.74 Å². The zero-order chi connectivity index (χ0) is 12.9. The standard InChI is InChI=1S/C11H17BrN2O2S/c1-11(2,3)16-10(15)14-9-5-4-6-13-7-8(12)17-9/h5,7,13H,4,6H2,1-3H3,(H,14,15). The highest BCUT2D eigenvalue weighted by atomic mass is 79.9. The number of ether oxygens (including phenoxy) is 1. The van der Waals surface area contributed by atoms with Crippen molar-refractivity contribution in [1.82, 2.24) is 10.6 Å². The van der Waals surface area contributed by atoms with Crippen LogP contribution < -0.4 is 10.6 Å². The molecule has 4 nitrogen and oxygen atoms in total. The zero-order valence-corrected chi connectivity index (χ0v) is 12.6. The van der Waals surface area contributed by atoms with Gasteiger partial charge in [-0.05, 0) is 43.1 Å². The van der Waals surface area contributed by atoms with Crippen LogP contribution in [0.1, 0.15) is 27.2 Å². The highest BCUT2D eigenvalue weighted by Gasteiger charge is 2.17. The number of amides is 1.